The SMILES string of the molecule is C#CCn1c(=NC(=O)c2cccc(SC(C)C)c2)sc2cc(S(C)(=O)=O)ccc21. The summed E-state index contributed by atoms with van der Waals surface area (Å²) in [5.74, 6) is 2.20. The Kier molecular flexibility index (Phi) is 6.32. The van der Waals surface area contributed by atoms with Gasteiger partial charge in [-0.05, 0) is 36.4 Å². The number of sulfone groups is 1. The Hall–Kier alpha value is -2.34. The zero-order valence-electron chi connectivity index (χ0n) is 16.2. The molecular formula is C21H20N2O3S3. The fourth-order valence-electron chi connectivity index (χ4n) is 2.74. The number of thioether (sulfide) groups is 1. The molecule has 2 aromatic carbocycles. The average Bonchev–Trinajstić information content (AvgIpc) is 2.97. The van der Waals surface area contributed by atoms with E-state index in [1.165, 1.54) is 17.4 Å². The Balaban J connectivity index is 2.10. The first-order valence-corrected chi connectivity index (χ1v) is 12.4. The molecule has 0 unspecified atom stereocenters. The van der Waals surface area contributed by atoms with Gasteiger partial charge in [0.25, 0.3) is 5.91 Å². The maximum Gasteiger partial charge on any atom is 0.279 e. The van der Waals surface area contributed by atoms with E-state index in [-0.39, 0.29) is 17.3 Å². The predicted molar refractivity (Wildman–Crippen MR) is 119 cm³/mol. The predicted octanol–water partition coefficient (Wildman–Crippen LogP) is 3.98. The van der Waals surface area contributed by atoms with Crippen LogP contribution < -0.4 is 4.80 Å². The molecule has 0 atom stereocenters. The van der Waals surface area contributed by atoms with Crippen LogP contribution in [0, 0.1) is 12.3 Å². The average molecular weight is 445 g/mol. The van der Waals surface area contributed by atoms with Gasteiger partial charge in [-0.3, -0.25) is 4.79 Å². The fourth-order valence-corrected chi connectivity index (χ4v) is 5.42. The molecular weight excluding hydrogens is 424 g/mol. The van der Waals surface area contributed by atoms with Crippen molar-refractivity contribution in [2.45, 2.75) is 35.4 Å². The van der Waals surface area contributed by atoms with Gasteiger partial charge in [-0.1, -0.05) is 37.2 Å². The number of terminal acetylenes is 1. The number of benzene rings is 2. The first-order chi connectivity index (χ1) is 13.7. The molecule has 5 nitrogen and oxygen atoms in total. The van der Waals surface area contributed by atoms with Crippen molar-refractivity contribution < 1.29 is 13.2 Å². The minimum absolute atomic E-state index is 0.218. The molecule has 0 aliphatic rings. The van der Waals surface area contributed by atoms with Gasteiger partial charge in [0.2, 0.25) is 0 Å². The molecule has 1 aromatic heterocycles. The molecule has 0 bridgehead atoms. The lowest BCUT2D eigenvalue weighted by molar-refractivity contribution is 0.0997. The molecule has 29 heavy (non-hydrogen) atoms. The highest BCUT2D eigenvalue weighted by Crippen LogP contribution is 2.24. The van der Waals surface area contributed by atoms with E-state index in [4.69, 9.17) is 6.42 Å². The monoisotopic (exact) mass is 444 g/mol. The Morgan fingerprint density at radius 3 is 2.69 bits per heavy atom. The van der Waals surface area contributed by atoms with Gasteiger partial charge in [-0.2, -0.15) is 4.99 Å². The van der Waals surface area contributed by atoms with Crippen LogP contribution in [0.2, 0.25) is 0 Å². The lowest BCUT2D eigenvalue weighted by atomic mass is 10.2. The summed E-state index contributed by atoms with van der Waals surface area (Å²) in [7, 11) is -3.33. The second kappa shape index (κ2) is 8.57. The highest BCUT2D eigenvalue weighted by atomic mass is 32.2. The van der Waals surface area contributed by atoms with E-state index in [9.17, 15) is 13.2 Å². The van der Waals surface area contributed by atoms with Gasteiger partial charge in [0.05, 0.1) is 21.7 Å². The van der Waals surface area contributed by atoms with Gasteiger partial charge in [0.15, 0.2) is 14.6 Å². The highest BCUT2D eigenvalue weighted by molar-refractivity contribution is 7.99. The van der Waals surface area contributed by atoms with E-state index in [0.717, 1.165) is 16.7 Å². The van der Waals surface area contributed by atoms with Crippen LogP contribution in [0.25, 0.3) is 10.2 Å². The number of hydrogen-bond donors (Lipinski definition) is 0. The molecule has 1 heterocycles. The van der Waals surface area contributed by atoms with E-state index in [2.05, 4.69) is 24.8 Å². The minimum atomic E-state index is -3.33. The summed E-state index contributed by atoms with van der Waals surface area (Å²) < 4.78 is 26.2. The van der Waals surface area contributed by atoms with Crippen LogP contribution in [0.4, 0.5) is 0 Å². The van der Waals surface area contributed by atoms with Crippen molar-refractivity contribution in [3.05, 3.63) is 52.8 Å². The topological polar surface area (TPSA) is 68.5 Å². The number of nitrogens with zero attached hydrogens (tertiary/aromatic N) is 2. The third kappa shape index (κ3) is 4.99. The van der Waals surface area contributed by atoms with Crippen molar-refractivity contribution in [2.24, 2.45) is 4.99 Å². The van der Waals surface area contributed by atoms with Crippen LogP contribution in [-0.4, -0.2) is 30.4 Å². The number of amides is 1. The maximum absolute atomic E-state index is 12.8. The number of thiazole rings is 1. The summed E-state index contributed by atoms with van der Waals surface area (Å²) in [5.41, 5.74) is 1.24. The summed E-state index contributed by atoms with van der Waals surface area (Å²) in [6.07, 6.45) is 6.66. The lowest BCUT2D eigenvalue weighted by Gasteiger charge is -2.05. The molecule has 0 saturated carbocycles. The molecule has 3 aromatic rings. The minimum Gasteiger partial charge on any atom is -0.305 e. The maximum atomic E-state index is 12.8. The largest absolute Gasteiger partial charge is 0.305 e. The molecule has 1 amide bonds. The summed E-state index contributed by atoms with van der Waals surface area (Å²) in [6, 6.07) is 12.2. The van der Waals surface area contributed by atoms with Gasteiger partial charge in [-0.15, -0.1) is 18.2 Å². The fraction of sp³-hybridized carbons (Fsp3) is 0.238. The molecule has 8 heteroatoms. The van der Waals surface area contributed by atoms with Gasteiger partial charge in [-0.25, -0.2) is 8.42 Å². The van der Waals surface area contributed by atoms with Gasteiger partial charge < -0.3 is 4.57 Å². The Morgan fingerprint density at radius 2 is 2.03 bits per heavy atom. The molecule has 0 fully saturated rings. The summed E-state index contributed by atoms with van der Waals surface area (Å²) in [4.78, 5) is 18.7. The normalized spacial score (nSPS) is 12.4. The van der Waals surface area contributed by atoms with E-state index < -0.39 is 9.84 Å². The van der Waals surface area contributed by atoms with Crippen molar-refractivity contribution >= 4 is 49.1 Å². The molecule has 0 saturated heterocycles. The van der Waals surface area contributed by atoms with Gasteiger partial charge in [0.1, 0.15) is 0 Å². The summed E-state index contributed by atoms with van der Waals surface area (Å²) in [6.45, 7) is 4.41. The first kappa shape index (κ1) is 21.4. The molecule has 150 valence electrons. The molecule has 3 rings (SSSR count). The Labute approximate surface area is 178 Å². The van der Waals surface area contributed by atoms with Gasteiger partial charge in [0, 0.05) is 22.0 Å². The second-order valence-corrected chi connectivity index (χ2v) is 11.4. The van der Waals surface area contributed by atoms with Gasteiger partial charge >= 0.3 is 0 Å². The highest BCUT2D eigenvalue weighted by Gasteiger charge is 2.13. The standard InChI is InChI=1S/C21H20N2O3S3/c1-5-11-23-18-10-9-17(29(4,25)26)13-19(18)28-21(23)22-20(24)15-7-6-8-16(12-15)27-14(2)3/h1,6-10,12-14H,11H2,2-4H3. The van der Waals surface area contributed by atoms with E-state index in [1.54, 1.807) is 34.5 Å². The third-order valence-corrected chi connectivity index (χ3v) is 7.13. The summed E-state index contributed by atoms with van der Waals surface area (Å²) in [5, 5.41) is 0.404. The number of aromatic nitrogens is 1. The number of hydrogen-bond acceptors (Lipinski definition) is 5. The Bertz CT molecular complexity index is 1290. The quantitative estimate of drug-likeness (QED) is 0.441. The number of carbonyl (C=O) groups is 1. The number of rotatable bonds is 5. The van der Waals surface area contributed by atoms with E-state index in [1.807, 2.05) is 18.2 Å². The van der Waals surface area contributed by atoms with E-state index >= 15 is 0 Å². The first-order valence-electron chi connectivity index (χ1n) is 8.81. The van der Waals surface area contributed by atoms with Crippen molar-refractivity contribution in [3.63, 3.8) is 0 Å². The van der Waals surface area contributed by atoms with E-state index in [0.29, 0.717) is 20.3 Å². The smallest absolute Gasteiger partial charge is 0.279 e. The molecule has 0 radical (unpaired) electrons. The number of fused-ring (bicyclic) bond motifs is 1. The number of carbonyl (C=O) groups excluding carboxylic acids is 1. The van der Waals surface area contributed by atoms with Crippen molar-refractivity contribution in [1.82, 2.24) is 4.57 Å². The van der Waals surface area contributed by atoms with Crippen LogP contribution in [0.3, 0.4) is 0 Å². The molecule has 0 spiro atoms. The molecule has 0 N–H and O–H groups in total. The third-order valence-electron chi connectivity index (χ3n) is 3.98. The molecule has 0 aliphatic heterocycles. The zero-order chi connectivity index (χ0) is 21.2. The summed E-state index contributed by atoms with van der Waals surface area (Å²) >= 11 is 2.92. The second-order valence-electron chi connectivity index (χ2n) is 6.69. The molecule has 0 aliphatic carbocycles. The van der Waals surface area contributed by atoms with Crippen LogP contribution >= 0.6 is 23.1 Å². The zero-order valence-corrected chi connectivity index (χ0v) is 18.7. The van der Waals surface area contributed by atoms with Crippen molar-refractivity contribution in [1.29, 1.82) is 0 Å². The van der Waals surface area contributed by atoms with Crippen LogP contribution in [0.15, 0.2) is 57.2 Å². The lowest BCUT2D eigenvalue weighted by Crippen LogP contribution is -2.16. The van der Waals surface area contributed by atoms with Crippen molar-refractivity contribution in [3.8, 4) is 12.3 Å². The van der Waals surface area contributed by atoms with Crippen LogP contribution in [-0.2, 0) is 16.4 Å². The Morgan fingerprint density at radius 1 is 1.28 bits per heavy atom. The van der Waals surface area contributed by atoms with Crippen LogP contribution in [0.5, 0.6) is 0 Å². The van der Waals surface area contributed by atoms with Crippen LogP contribution in [0.1, 0.15) is 24.2 Å². The van der Waals surface area contributed by atoms with Crippen molar-refractivity contribution in [2.75, 3.05) is 6.26 Å².